The number of fused-ring (bicyclic) bond motifs is 1. The standard InChI is InChI=1S/C30H33Cl2FN4O/c31-28-8-2-23(17-29(28)32)19-36-14-12-35(13-15-36)18-22-3-9-30-26(16-22)27(20-37(30)11-1-10-34)24-4-6-25(7-5-24)38-21-33/h2-9,16-17,20H,1,10-15,18-19,21,34H2. The molecule has 5 rings (SSSR count). The highest BCUT2D eigenvalue weighted by atomic mass is 35.5. The van der Waals surface area contributed by atoms with Gasteiger partial charge < -0.3 is 15.0 Å². The van der Waals surface area contributed by atoms with Gasteiger partial charge in [0.2, 0.25) is 6.86 Å². The third-order valence-electron chi connectivity index (χ3n) is 7.20. The Bertz CT molecular complexity index is 1370. The first-order valence-electron chi connectivity index (χ1n) is 13.0. The van der Waals surface area contributed by atoms with Crippen LogP contribution in [-0.2, 0) is 19.6 Å². The highest BCUT2D eigenvalue weighted by Gasteiger charge is 2.18. The van der Waals surface area contributed by atoms with Crippen molar-refractivity contribution in [1.29, 1.82) is 0 Å². The Hall–Kier alpha value is -2.61. The molecule has 0 aliphatic carbocycles. The van der Waals surface area contributed by atoms with E-state index in [2.05, 4.69) is 44.8 Å². The molecule has 1 aliphatic rings. The van der Waals surface area contributed by atoms with Crippen molar-refractivity contribution in [2.24, 2.45) is 5.73 Å². The van der Waals surface area contributed by atoms with Gasteiger partial charge in [-0.1, -0.05) is 47.5 Å². The molecule has 2 heterocycles. The van der Waals surface area contributed by atoms with E-state index in [0.717, 1.165) is 63.4 Å². The van der Waals surface area contributed by atoms with Crippen molar-refractivity contribution in [2.75, 3.05) is 39.6 Å². The van der Waals surface area contributed by atoms with E-state index in [-0.39, 0.29) is 0 Å². The normalized spacial score (nSPS) is 14.8. The van der Waals surface area contributed by atoms with Crippen LogP contribution in [0.25, 0.3) is 22.0 Å². The molecule has 0 bridgehead atoms. The van der Waals surface area contributed by atoms with Crippen LogP contribution in [0.1, 0.15) is 17.5 Å². The van der Waals surface area contributed by atoms with Gasteiger partial charge in [-0.3, -0.25) is 9.80 Å². The van der Waals surface area contributed by atoms with Crippen LogP contribution in [-0.4, -0.2) is 54.0 Å². The maximum atomic E-state index is 12.6. The Balaban J connectivity index is 1.30. The number of benzene rings is 3. The van der Waals surface area contributed by atoms with Gasteiger partial charge in [-0.2, -0.15) is 0 Å². The third kappa shape index (κ3) is 6.33. The Morgan fingerprint density at radius 3 is 2.11 bits per heavy atom. The number of ether oxygens (including phenoxy) is 1. The number of piperazine rings is 1. The largest absolute Gasteiger partial charge is 0.463 e. The average molecular weight is 556 g/mol. The van der Waals surface area contributed by atoms with E-state index in [9.17, 15) is 4.39 Å². The van der Waals surface area contributed by atoms with Gasteiger partial charge in [-0.05, 0) is 66.1 Å². The zero-order chi connectivity index (χ0) is 26.5. The van der Waals surface area contributed by atoms with E-state index in [1.54, 1.807) is 0 Å². The summed E-state index contributed by atoms with van der Waals surface area (Å²) in [6, 6.07) is 20.3. The van der Waals surface area contributed by atoms with Crippen molar-refractivity contribution in [3.8, 4) is 16.9 Å². The Kier molecular flexibility index (Phi) is 8.87. The molecule has 1 aliphatic heterocycles. The highest BCUT2D eigenvalue weighted by Crippen LogP contribution is 2.33. The monoisotopic (exact) mass is 554 g/mol. The van der Waals surface area contributed by atoms with Crippen LogP contribution in [0, 0.1) is 0 Å². The first-order chi connectivity index (χ1) is 18.5. The van der Waals surface area contributed by atoms with Crippen molar-refractivity contribution < 1.29 is 9.13 Å². The Morgan fingerprint density at radius 2 is 1.47 bits per heavy atom. The van der Waals surface area contributed by atoms with E-state index < -0.39 is 6.86 Å². The molecule has 38 heavy (non-hydrogen) atoms. The zero-order valence-corrected chi connectivity index (χ0v) is 22.9. The van der Waals surface area contributed by atoms with Crippen LogP contribution in [0.15, 0.2) is 66.9 Å². The van der Waals surface area contributed by atoms with Gasteiger partial charge in [0.25, 0.3) is 0 Å². The zero-order valence-electron chi connectivity index (χ0n) is 21.4. The molecule has 1 aromatic heterocycles. The van der Waals surface area contributed by atoms with Crippen molar-refractivity contribution in [1.82, 2.24) is 14.4 Å². The van der Waals surface area contributed by atoms with Crippen molar-refractivity contribution in [3.05, 3.63) is 88.0 Å². The molecular weight excluding hydrogens is 522 g/mol. The van der Waals surface area contributed by atoms with Gasteiger partial charge in [0.15, 0.2) is 0 Å². The maximum absolute atomic E-state index is 12.6. The second-order valence-electron chi connectivity index (χ2n) is 9.81. The Morgan fingerprint density at radius 1 is 0.816 bits per heavy atom. The minimum Gasteiger partial charge on any atom is -0.463 e. The molecule has 0 atom stereocenters. The summed E-state index contributed by atoms with van der Waals surface area (Å²) in [6.45, 7) is 6.53. The number of rotatable bonds is 10. The molecule has 0 amide bonds. The SMILES string of the molecule is NCCCn1cc(-c2ccc(OCF)cc2)c2cc(CN3CCN(Cc4ccc(Cl)c(Cl)c4)CC3)ccc21. The number of nitrogens with zero attached hydrogens (tertiary/aromatic N) is 3. The Labute approximate surface area is 233 Å². The van der Waals surface area contributed by atoms with Crippen LogP contribution >= 0.6 is 23.2 Å². The summed E-state index contributed by atoms with van der Waals surface area (Å²) in [5, 5.41) is 2.42. The first kappa shape index (κ1) is 27.0. The van der Waals surface area contributed by atoms with Gasteiger partial charge in [0.1, 0.15) is 5.75 Å². The van der Waals surface area contributed by atoms with E-state index >= 15 is 0 Å². The molecule has 0 radical (unpaired) electrons. The van der Waals surface area contributed by atoms with Gasteiger partial charge in [0.05, 0.1) is 10.0 Å². The quantitative estimate of drug-likeness (QED) is 0.240. The lowest BCUT2D eigenvalue weighted by atomic mass is 10.0. The van der Waals surface area contributed by atoms with Gasteiger partial charge in [0, 0.05) is 68.5 Å². The molecular formula is C30H33Cl2FN4O. The molecule has 200 valence electrons. The maximum Gasteiger partial charge on any atom is 0.228 e. The van der Waals surface area contributed by atoms with Crippen LogP contribution in [0.5, 0.6) is 5.75 Å². The molecule has 5 nitrogen and oxygen atoms in total. The summed E-state index contributed by atoms with van der Waals surface area (Å²) in [4.78, 5) is 4.98. The van der Waals surface area contributed by atoms with Crippen LogP contribution in [0.3, 0.4) is 0 Å². The predicted molar refractivity (Wildman–Crippen MR) is 155 cm³/mol. The molecule has 0 unspecified atom stereocenters. The fraction of sp³-hybridized carbons (Fsp3) is 0.333. The van der Waals surface area contributed by atoms with Gasteiger partial charge >= 0.3 is 0 Å². The number of halogens is 3. The smallest absolute Gasteiger partial charge is 0.228 e. The summed E-state index contributed by atoms with van der Waals surface area (Å²) in [7, 11) is 0. The lowest BCUT2D eigenvalue weighted by Crippen LogP contribution is -2.45. The van der Waals surface area contributed by atoms with Gasteiger partial charge in [-0.15, -0.1) is 0 Å². The first-order valence-corrected chi connectivity index (χ1v) is 13.8. The van der Waals surface area contributed by atoms with E-state index in [4.69, 9.17) is 33.7 Å². The van der Waals surface area contributed by atoms with Crippen molar-refractivity contribution in [2.45, 2.75) is 26.1 Å². The summed E-state index contributed by atoms with van der Waals surface area (Å²) in [5.74, 6) is 0.530. The fourth-order valence-corrected chi connectivity index (χ4v) is 5.49. The lowest BCUT2D eigenvalue weighted by Gasteiger charge is -2.34. The minimum atomic E-state index is -0.829. The molecule has 0 spiro atoms. The molecule has 1 fully saturated rings. The minimum absolute atomic E-state index is 0.530. The topological polar surface area (TPSA) is 46.7 Å². The molecule has 3 aromatic carbocycles. The van der Waals surface area contributed by atoms with Crippen LogP contribution in [0.4, 0.5) is 4.39 Å². The van der Waals surface area contributed by atoms with Crippen molar-refractivity contribution >= 4 is 34.1 Å². The average Bonchev–Trinajstić information content (AvgIpc) is 3.29. The van der Waals surface area contributed by atoms with Crippen molar-refractivity contribution in [3.63, 3.8) is 0 Å². The summed E-state index contributed by atoms with van der Waals surface area (Å²) >= 11 is 12.3. The number of aryl methyl sites for hydroxylation is 1. The molecule has 2 N–H and O–H groups in total. The number of nitrogens with two attached hydrogens (primary N) is 1. The molecule has 4 aromatic rings. The summed E-state index contributed by atoms with van der Waals surface area (Å²) < 4.78 is 19.8. The highest BCUT2D eigenvalue weighted by molar-refractivity contribution is 6.42. The van der Waals surface area contributed by atoms with Crippen LogP contribution < -0.4 is 10.5 Å². The molecule has 8 heteroatoms. The van der Waals surface area contributed by atoms with Crippen LogP contribution in [0.2, 0.25) is 10.0 Å². The summed E-state index contributed by atoms with van der Waals surface area (Å²) in [5.41, 5.74) is 11.7. The van der Waals surface area contributed by atoms with E-state index in [0.29, 0.717) is 22.3 Å². The number of hydrogen-bond donors (Lipinski definition) is 1. The number of alkyl halides is 1. The molecule has 1 saturated heterocycles. The summed E-state index contributed by atoms with van der Waals surface area (Å²) in [6.07, 6.45) is 3.12. The second kappa shape index (κ2) is 12.5. The fourth-order valence-electron chi connectivity index (χ4n) is 5.17. The number of hydrogen-bond acceptors (Lipinski definition) is 4. The van der Waals surface area contributed by atoms with E-state index in [1.807, 2.05) is 36.4 Å². The third-order valence-corrected chi connectivity index (χ3v) is 7.94. The van der Waals surface area contributed by atoms with Gasteiger partial charge in [-0.25, -0.2) is 4.39 Å². The van der Waals surface area contributed by atoms with E-state index in [1.165, 1.54) is 22.0 Å². The molecule has 0 saturated carbocycles. The number of aromatic nitrogens is 1. The lowest BCUT2D eigenvalue weighted by molar-refractivity contribution is 0.122. The predicted octanol–water partition coefficient (Wildman–Crippen LogP) is 6.59. The second-order valence-corrected chi connectivity index (χ2v) is 10.6.